The summed E-state index contributed by atoms with van der Waals surface area (Å²) >= 11 is 1.27. The number of carbonyl (C=O) groups is 2. The highest BCUT2D eigenvalue weighted by Crippen LogP contribution is 2.25. The molecule has 2 aromatic carbocycles. The fourth-order valence-electron chi connectivity index (χ4n) is 2.55. The van der Waals surface area contributed by atoms with Crippen LogP contribution in [0.5, 0.6) is 0 Å². The normalized spacial score (nSPS) is 10.3. The second-order valence-corrected chi connectivity index (χ2v) is 7.31. The number of amides is 2. The molecule has 152 valence electrons. The van der Waals surface area contributed by atoms with Crippen LogP contribution in [0.15, 0.2) is 71.9 Å². The number of hydrogen-bond acceptors (Lipinski definition) is 6. The van der Waals surface area contributed by atoms with Crippen LogP contribution in [0, 0.1) is 17.0 Å². The summed E-state index contributed by atoms with van der Waals surface area (Å²) in [5.41, 5.74) is 7.26. The van der Waals surface area contributed by atoms with Crippen LogP contribution in [-0.4, -0.2) is 21.7 Å². The summed E-state index contributed by atoms with van der Waals surface area (Å²) in [5, 5.41) is 11.4. The van der Waals surface area contributed by atoms with Gasteiger partial charge in [-0.25, -0.2) is 4.98 Å². The number of benzene rings is 2. The number of nitro benzene ring substituents is 1. The second-order valence-electron chi connectivity index (χ2n) is 6.35. The number of hydrazine groups is 1. The molecule has 3 aromatic rings. The van der Waals surface area contributed by atoms with E-state index in [1.165, 1.54) is 23.9 Å². The molecule has 0 radical (unpaired) electrons. The summed E-state index contributed by atoms with van der Waals surface area (Å²) < 4.78 is 0. The molecule has 0 atom stereocenters. The Morgan fingerprint density at radius 2 is 1.77 bits per heavy atom. The maximum atomic E-state index is 12.5. The van der Waals surface area contributed by atoms with Crippen molar-refractivity contribution in [3.05, 3.63) is 99.2 Å². The molecule has 0 spiro atoms. The molecule has 0 unspecified atom stereocenters. The van der Waals surface area contributed by atoms with Crippen molar-refractivity contribution in [2.75, 3.05) is 0 Å². The number of rotatable bonds is 6. The molecule has 0 fully saturated rings. The van der Waals surface area contributed by atoms with Crippen molar-refractivity contribution in [2.45, 2.75) is 17.7 Å². The van der Waals surface area contributed by atoms with Gasteiger partial charge in [0.15, 0.2) is 0 Å². The number of pyridine rings is 1. The summed E-state index contributed by atoms with van der Waals surface area (Å²) in [6.45, 7) is 1.92. The van der Waals surface area contributed by atoms with E-state index in [4.69, 9.17) is 0 Å². The zero-order chi connectivity index (χ0) is 21.5. The quantitative estimate of drug-likeness (QED) is 0.356. The number of carbonyl (C=O) groups excluding carboxylic acids is 2. The predicted octanol–water partition coefficient (Wildman–Crippen LogP) is 3.67. The van der Waals surface area contributed by atoms with Gasteiger partial charge in [-0.1, -0.05) is 29.8 Å². The first-order valence-corrected chi connectivity index (χ1v) is 9.91. The summed E-state index contributed by atoms with van der Waals surface area (Å²) in [4.78, 5) is 39.4. The topological polar surface area (TPSA) is 114 Å². The van der Waals surface area contributed by atoms with E-state index in [2.05, 4.69) is 15.8 Å². The van der Waals surface area contributed by atoms with Gasteiger partial charge in [-0.15, -0.1) is 11.8 Å². The number of aryl methyl sites for hydroxylation is 1. The van der Waals surface area contributed by atoms with Crippen LogP contribution < -0.4 is 10.9 Å². The molecule has 0 aliphatic heterocycles. The Labute approximate surface area is 176 Å². The molecule has 0 saturated carbocycles. The number of hydrogen-bond donors (Lipinski definition) is 2. The third kappa shape index (κ3) is 5.42. The molecular formula is C21H18N4O4S. The van der Waals surface area contributed by atoms with Crippen molar-refractivity contribution in [3.8, 4) is 0 Å². The molecule has 9 heteroatoms. The van der Waals surface area contributed by atoms with E-state index in [0.29, 0.717) is 16.3 Å². The van der Waals surface area contributed by atoms with Crippen LogP contribution in [0.25, 0.3) is 0 Å². The van der Waals surface area contributed by atoms with Gasteiger partial charge in [-0.05, 0) is 36.8 Å². The van der Waals surface area contributed by atoms with Gasteiger partial charge < -0.3 is 0 Å². The third-order valence-electron chi connectivity index (χ3n) is 4.12. The first-order valence-electron chi connectivity index (χ1n) is 8.92. The molecule has 30 heavy (non-hydrogen) atoms. The summed E-state index contributed by atoms with van der Waals surface area (Å²) in [6, 6.07) is 16.4. The lowest BCUT2D eigenvalue weighted by atomic mass is 10.1. The zero-order valence-corrected chi connectivity index (χ0v) is 16.8. The Morgan fingerprint density at radius 1 is 1.03 bits per heavy atom. The van der Waals surface area contributed by atoms with Crippen LogP contribution in [0.2, 0.25) is 0 Å². The van der Waals surface area contributed by atoms with E-state index >= 15 is 0 Å². The number of non-ortho nitro benzene ring substituents is 1. The van der Waals surface area contributed by atoms with Crippen LogP contribution >= 0.6 is 11.8 Å². The number of nitrogens with one attached hydrogen (secondary N) is 2. The van der Waals surface area contributed by atoms with Gasteiger partial charge in [0, 0.05) is 29.6 Å². The van der Waals surface area contributed by atoms with Gasteiger partial charge in [0.2, 0.25) is 0 Å². The monoisotopic (exact) mass is 422 g/mol. The molecular weight excluding hydrogens is 404 g/mol. The molecule has 0 bridgehead atoms. The largest absolute Gasteiger partial charge is 0.272 e. The second kappa shape index (κ2) is 9.66. The molecule has 8 nitrogen and oxygen atoms in total. The minimum absolute atomic E-state index is 0.00547. The molecule has 2 amide bonds. The minimum atomic E-state index is -0.509. The van der Waals surface area contributed by atoms with Crippen LogP contribution in [0.3, 0.4) is 0 Å². The highest BCUT2D eigenvalue weighted by atomic mass is 32.2. The molecule has 0 saturated heterocycles. The first kappa shape index (κ1) is 21.0. The summed E-state index contributed by atoms with van der Waals surface area (Å²) in [7, 11) is 0. The lowest BCUT2D eigenvalue weighted by molar-refractivity contribution is -0.384. The zero-order valence-electron chi connectivity index (χ0n) is 16.0. The highest BCUT2D eigenvalue weighted by Gasteiger charge is 2.15. The van der Waals surface area contributed by atoms with Crippen molar-refractivity contribution in [1.82, 2.24) is 15.8 Å². The van der Waals surface area contributed by atoms with Gasteiger partial charge in [-0.3, -0.25) is 30.6 Å². The molecule has 1 aromatic heterocycles. The highest BCUT2D eigenvalue weighted by molar-refractivity contribution is 7.98. The number of aromatic nitrogens is 1. The van der Waals surface area contributed by atoms with Gasteiger partial charge in [0.05, 0.1) is 10.5 Å². The predicted molar refractivity (Wildman–Crippen MR) is 113 cm³/mol. The third-order valence-corrected chi connectivity index (χ3v) is 5.19. The molecule has 0 aliphatic rings. The summed E-state index contributed by atoms with van der Waals surface area (Å²) in [5.74, 6) is -0.544. The lowest BCUT2D eigenvalue weighted by Gasteiger charge is -2.10. The Kier molecular flexibility index (Phi) is 6.76. The van der Waals surface area contributed by atoms with E-state index in [1.54, 1.807) is 54.7 Å². The van der Waals surface area contributed by atoms with Crippen molar-refractivity contribution < 1.29 is 14.5 Å². The van der Waals surface area contributed by atoms with Crippen molar-refractivity contribution in [3.63, 3.8) is 0 Å². The first-order chi connectivity index (χ1) is 14.4. The fourth-order valence-corrected chi connectivity index (χ4v) is 3.48. The lowest BCUT2D eigenvalue weighted by Crippen LogP contribution is -2.41. The van der Waals surface area contributed by atoms with Gasteiger partial charge in [0.25, 0.3) is 17.5 Å². The van der Waals surface area contributed by atoms with E-state index in [1.807, 2.05) is 6.92 Å². The van der Waals surface area contributed by atoms with Crippen molar-refractivity contribution >= 4 is 29.3 Å². The van der Waals surface area contributed by atoms with Crippen LogP contribution in [-0.2, 0) is 5.75 Å². The molecule has 3 rings (SSSR count). The van der Waals surface area contributed by atoms with E-state index < -0.39 is 16.7 Å². The Morgan fingerprint density at radius 3 is 2.50 bits per heavy atom. The number of nitro groups is 1. The Balaban J connectivity index is 1.64. The van der Waals surface area contributed by atoms with Crippen LogP contribution in [0.1, 0.15) is 31.8 Å². The van der Waals surface area contributed by atoms with Gasteiger partial charge in [0.1, 0.15) is 5.03 Å². The van der Waals surface area contributed by atoms with E-state index in [0.717, 1.165) is 11.1 Å². The molecule has 2 N–H and O–H groups in total. The van der Waals surface area contributed by atoms with Gasteiger partial charge in [-0.2, -0.15) is 0 Å². The van der Waals surface area contributed by atoms with E-state index in [9.17, 15) is 19.7 Å². The maximum absolute atomic E-state index is 12.5. The molecule has 0 aliphatic carbocycles. The maximum Gasteiger partial charge on any atom is 0.272 e. The molecule has 1 heterocycles. The average Bonchev–Trinajstić information content (AvgIpc) is 2.76. The van der Waals surface area contributed by atoms with E-state index in [-0.39, 0.29) is 11.3 Å². The van der Waals surface area contributed by atoms with Crippen LogP contribution in [0.4, 0.5) is 5.69 Å². The standard InChI is InChI=1S/C21H18N4O4S/c1-14-7-9-16(10-8-14)19(26)23-24-20(27)18-6-3-11-22-21(18)30-13-15-4-2-5-17(12-15)25(28)29/h2-12H,13H2,1H3,(H,23,26)(H,24,27). The smallest absolute Gasteiger partial charge is 0.267 e. The van der Waals surface area contributed by atoms with Crippen molar-refractivity contribution in [2.24, 2.45) is 0 Å². The van der Waals surface area contributed by atoms with Crippen molar-refractivity contribution in [1.29, 1.82) is 0 Å². The number of nitrogens with zero attached hydrogens (tertiary/aromatic N) is 2. The fraction of sp³-hybridized carbons (Fsp3) is 0.0952. The minimum Gasteiger partial charge on any atom is -0.267 e. The van der Waals surface area contributed by atoms with Gasteiger partial charge >= 0.3 is 0 Å². The number of thioether (sulfide) groups is 1. The Hall–Kier alpha value is -3.72. The SMILES string of the molecule is Cc1ccc(C(=O)NNC(=O)c2cccnc2SCc2cccc([N+](=O)[O-])c2)cc1. The Bertz CT molecular complexity index is 1090. The summed E-state index contributed by atoms with van der Waals surface area (Å²) in [6.07, 6.45) is 1.55. The average molecular weight is 422 g/mol.